The van der Waals surface area contributed by atoms with E-state index in [4.69, 9.17) is 23.6 Å². The maximum atomic E-state index is 11.2. The lowest BCUT2D eigenvalue weighted by Gasteiger charge is -2.04. The Labute approximate surface area is 80.8 Å². The normalized spacial score (nSPS) is 11.9. The van der Waals surface area contributed by atoms with Gasteiger partial charge < -0.3 is 0 Å². The molecule has 0 heterocycles. The van der Waals surface area contributed by atoms with Crippen LogP contribution < -0.4 is 0 Å². The summed E-state index contributed by atoms with van der Waals surface area (Å²) in [7, 11) is -3.71. The number of rotatable bonds is 2. The van der Waals surface area contributed by atoms with Crippen LogP contribution in [0.15, 0.2) is 35.2 Å². The van der Waals surface area contributed by atoms with E-state index in [1.807, 2.05) is 0 Å². The highest BCUT2D eigenvalue weighted by atomic mass is 35.5. The van der Waals surface area contributed by atoms with Gasteiger partial charge in [-0.05, 0) is 15.5 Å². The molecule has 3 nitrogen and oxygen atoms in total. The van der Waals surface area contributed by atoms with Gasteiger partial charge in [0.2, 0.25) is 0 Å². The van der Waals surface area contributed by atoms with Crippen molar-refractivity contribution in [3.8, 4) is 0 Å². The molecule has 0 spiro atoms. The monoisotopic (exact) mass is 225 g/mol. The summed E-state index contributed by atoms with van der Waals surface area (Å²) in [5.41, 5.74) is 0. The van der Waals surface area contributed by atoms with Gasteiger partial charge in [-0.2, -0.15) is 0 Å². The number of hydrogen-bond acceptors (Lipinski definition) is 2. The number of sulfonamides is 1. The Morgan fingerprint density at radius 1 is 1.08 bits per heavy atom. The smallest absolute Gasteiger partial charge is 0.204 e. The van der Waals surface area contributed by atoms with Crippen LogP contribution in [0.3, 0.4) is 0 Å². The molecule has 6 heteroatoms. The second-order valence-corrected chi connectivity index (χ2v) is 5.03. The number of nitrogens with zero attached hydrogens (tertiary/aromatic N) is 1. The first kappa shape index (κ1) is 9.80. The lowest BCUT2D eigenvalue weighted by Crippen LogP contribution is -2.11. The van der Waals surface area contributed by atoms with E-state index < -0.39 is 10.0 Å². The Hall–Kier alpha value is -0.290. The van der Waals surface area contributed by atoms with Gasteiger partial charge in [0.05, 0.1) is 4.90 Å². The second kappa shape index (κ2) is 3.62. The van der Waals surface area contributed by atoms with Crippen molar-refractivity contribution in [2.45, 2.75) is 4.90 Å². The first-order chi connectivity index (χ1) is 5.55. The largest absolute Gasteiger partial charge is 0.270 e. The van der Waals surface area contributed by atoms with Gasteiger partial charge in [-0.15, -0.1) is 0 Å². The third-order valence-electron chi connectivity index (χ3n) is 1.22. The molecule has 1 aromatic carbocycles. The molecule has 0 aliphatic rings. The molecule has 12 heavy (non-hydrogen) atoms. The Morgan fingerprint density at radius 3 is 2.00 bits per heavy atom. The standard InChI is InChI=1S/C6H5Cl2NO2S/c7-9(8)12(10,11)6-4-2-1-3-5-6/h1-5H. The highest BCUT2D eigenvalue weighted by molar-refractivity contribution is 7.91. The van der Waals surface area contributed by atoms with Crippen LogP contribution in [0.25, 0.3) is 0 Å². The maximum Gasteiger partial charge on any atom is 0.270 e. The van der Waals surface area contributed by atoms with Gasteiger partial charge >= 0.3 is 0 Å². The molecular weight excluding hydrogens is 221 g/mol. The summed E-state index contributed by atoms with van der Waals surface area (Å²) in [5, 5.41) is 0. The van der Waals surface area contributed by atoms with Gasteiger partial charge in [-0.25, -0.2) is 8.42 Å². The Morgan fingerprint density at radius 2 is 1.58 bits per heavy atom. The average molecular weight is 226 g/mol. The third kappa shape index (κ3) is 1.90. The van der Waals surface area contributed by atoms with Crippen molar-refractivity contribution >= 4 is 33.6 Å². The molecule has 66 valence electrons. The van der Waals surface area contributed by atoms with Crippen LogP contribution in [0.4, 0.5) is 0 Å². The van der Waals surface area contributed by atoms with E-state index in [1.165, 1.54) is 12.1 Å². The van der Waals surface area contributed by atoms with Crippen LogP contribution in [-0.2, 0) is 10.0 Å². The Kier molecular flexibility index (Phi) is 2.95. The first-order valence-corrected chi connectivity index (χ1v) is 5.08. The highest BCUT2D eigenvalue weighted by Gasteiger charge is 2.20. The number of hydrogen-bond donors (Lipinski definition) is 0. The van der Waals surface area contributed by atoms with E-state index in [-0.39, 0.29) is 8.24 Å². The topological polar surface area (TPSA) is 37.4 Å². The molecule has 0 amide bonds. The van der Waals surface area contributed by atoms with E-state index in [2.05, 4.69) is 0 Å². The maximum absolute atomic E-state index is 11.2. The lowest BCUT2D eigenvalue weighted by molar-refractivity contribution is 0.579. The SMILES string of the molecule is O=S(=O)(c1ccccc1)N(Cl)Cl. The van der Waals surface area contributed by atoms with Crippen LogP contribution in [0, 0.1) is 0 Å². The molecule has 0 fully saturated rings. The molecule has 0 N–H and O–H groups in total. The molecule has 1 rings (SSSR count). The molecule has 1 aromatic rings. The van der Waals surface area contributed by atoms with Crippen LogP contribution in [0.2, 0.25) is 0 Å². The second-order valence-electron chi connectivity index (χ2n) is 1.99. The van der Waals surface area contributed by atoms with E-state index in [0.717, 1.165) is 0 Å². The van der Waals surface area contributed by atoms with Crippen LogP contribution >= 0.6 is 23.6 Å². The minimum Gasteiger partial charge on any atom is -0.204 e. The first-order valence-electron chi connectivity index (χ1n) is 2.97. The van der Waals surface area contributed by atoms with Gasteiger partial charge in [0.25, 0.3) is 10.0 Å². The molecule has 0 saturated heterocycles. The van der Waals surface area contributed by atoms with Crippen molar-refractivity contribution in [2.75, 3.05) is 0 Å². The summed E-state index contributed by atoms with van der Waals surface area (Å²) in [5.74, 6) is 0. The van der Waals surface area contributed by atoms with Gasteiger partial charge in [0.1, 0.15) is 0 Å². The van der Waals surface area contributed by atoms with E-state index in [0.29, 0.717) is 0 Å². The Balaban J connectivity index is 3.17. The van der Waals surface area contributed by atoms with Crippen molar-refractivity contribution < 1.29 is 8.42 Å². The summed E-state index contributed by atoms with van der Waals surface area (Å²) in [6, 6.07) is 7.69. The molecule has 0 unspecified atom stereocenters. The van der Waals surface area contributed by atoms with Gasteiger partial charge in [-0.3, -0.25) is 0 Å². The van der Waals surface area contributed by atoms with Crippen molar-refractivity contribution in [1.82, 2.24) is 3.34 Å². The predicted octanol–water partition coefficient (Wildman–Crippen LogP) is 1.98. The summed E-state index contributed by atoms with van der Waals surface area (Å²) in [4.78, 5) is 0.0648. The molecule has 0 aliphatic carbocycles. The Bertz CT molecular complexity index is 349. The fourth-order valence-corrected chi connectivity index (χ4v) is 1.81. The summed E-state index contributed by atoms with van der Waals surface area (Å²) >= 11 is 10.2. The fraction of sp³-hybridized carbons (Fsp3) is 0. The van der Waals surface area contributed by atoms with Crippen molar-refractivity contribution in [1.29, 1.82) is 0 Å². The quantitative estimate of drug-likeness (QED) is 0.723. The zero-order valence-electron chi connectivity index (χ0n) is 5.81. The fourth-order valence-electron chi connectivity index (χ4n) is 0.672. The zero-order valence-corrected chi connectivity index (χ0v) is 8.14. The summed E-state index contributed by atoms with van der Waals surface area (Å²) in [6.07, 6.45) is 0. The van der Waals surface area contributed by atoms with Crippen molar-refractivity contribution in [3.05, 3.63) is 30.3 Å². The predicted molar refractivity (Wildman–Crippen MR) is 47.2 cm³/mol. The minimum atomic E-state index is -3.71. The van der Waals surface area contributed by atoms with Crippen LogP contribution in [-0.4, -0.2) is 11.8 Å². The molecule has 0 aromatic heterocycles. The molecule has 0 radical (unpaired) electrons. The van der Waals surface area contributed by atoms with Crippen molar-refractivity contribution in [2.24, 2.45) is 0 Å². The lowest BCUT2D eigenvalue weighted by atomic mass is 10.4. The minimum absolute atomic E-state index is 0.0648. The third-order valence-corrected chi connectivity index (χ3v) is 3.54. The molecular formula is C6H5Cl2NO2S. The molecule has 0 atom stereocenters. The molecule has 0 aliphatic heterocycles. The van der Waals surface area contributed by atoms with Crippen LogP contribution in [0.5, 0.6) is 0 Å². The van der Waals surface area contributed by atoms with Gasteiger partial charge in [-0.1, -0.05) is 18.2 Å². The average Bonchev–Trinajstić information content (AvgIpc) is 2.06. The van der Waals surface area contributed by atoms with Gasteiger partial charge in [0, 0.05) is 23.6 Å². The molecule has 0 saturated carbocycles. The van der Waals surface area contributed by atoms with Crippen molar-refractivity contribution in [3.63, 3.8) is 0 Å². The van der Waals surface area contributed by atoms with E-state index in [9.17, 15) is 8.42 Å². The highest BCUT2D eigenvalue weighted by Crippen LogP contribution is 2.18. The number of halogens is 2. The molecule has 0 bridgehead atoms. The number of benzene rings is 1. The van der Waals surface area contributed by atoms with Crippen LogP contribution in [0.1, 0.15) is 0 Å². The summed E-state index contributed by atoms with van der Waals surface area (Å²) in [6.45, 7) is 0. The van der Waals surface area contributed by atoms with E-state index in [1.54, 1.807) is 18.2 Å². The zero-order chi connectivity index (χ0) is 9.19. The van der Waals surface area contributed by atoms with E-state index >= 15 is 0 Å². The van der Waals surface area contributed by atoms with Gasteiger partial charge in [0.15, 0.2) is 0 Å². The summed E-state index contributed by atoms with van der Waals surface area (Å²) < 4.78 is 22.5.